The second-order valence-electron chi connectivity index (χ2n) is 6.08. The van der Waals surface area contributed by atoms with Gasteiger partial charge in [-0.2, -0.15) is 0 Å². The molecule has 154 valence electrons. The molecule has 0 saturated carbocycles. The van der Waals surface area contributed by atoms with Crippen LogP contribution in [-0.4, -0.2) is 73.2 Å². The summed E-state index contributed by atoms with van der Waals surface area (Å²) in [6.45, 7) is 1.12. The number of nitro benzene ring substituents is 1. The Morgan fingerprint density at radius 2 is 1.74 bits per heavy atom. The number of anilines is 1. The van der Waals surface area contributed by atoms with Crippen LogP contribution in [0.15, 0.2) is 23.1 Å². The van der Waals surface area contributed by atoms with E-state index in [1.807, 2.05) is 0 Å². The molecular formula is C14H25N5O6S2. The van der Waals surface area contributed by atoms with Crippen molar-refractivity contribution in [1.29, 1.82) is 0 Å². The van der Waals surface area contributed by atoms with Crippen LogP contribution in [0.3, 0.4) is 0 Å². The fourth-order valence-corrected chi connectivity index (χ4v) is 3.59. The van der Waals surface area contributed by atoms with E-state index in [0.717, 1.165) is 12.3 Å². The van der Waals surface area contributed by atoms with Crippen LogP contribution in [0.5, 0.6) is 0 Å². The smallest absolute Gasteiger partial charge is 0.293 e. The van der Waals surface area contributed by atoms with E-state index in [9.17, 15) is 26.9 Å². The number of nitrogens with zero attached hydrogens (tertiary/aromatic N) is 2. The Balaban J connectivity index is 2.81. The Labute approximate surface area is 159 Å². The minimum atomic E-state index is -3.86. The van der Waals surface area contributed by atoms with Crippen LogP contribution in [-0.2, 0) is 20.0 Å². The van der Waals surface area contributed by atoms with Crippen molar-refractivity contribution in [2.24, 2.45) is 0 Å². The van der Waals surface area contributed by atoms with Crippen LogP contribution in [0.25, 0.3) is 0 Å². The second kappa shape index (κ2) is 9.94. The Bertz CT molecular complexity index is 855. The normalized spacial score (nSPS) is 12.3. The third-order valence-electron chi connectivity index (χ3n) is 3.36. The zero-order chi connectivity index (χ0) is 20.7. The molecule has 0 amide bonds. The summed E-state index contributed by atoms with van der Waals surface area (Å²) in [5, 5.41) is 14.1. The standard InChI is InChI=1S/C14H25N5O6S2/c1-18(2)10-9-17-27(24,25)12-5-6-13(14(11-12)19(20)21)15-7-4-8-16-26(3,22)23/h5-6,11,15-17H,4,7-10H2,1-3H3. The van der Waals surface area contributed by atoms with Crippen LogP contribution >= 0.6 is 0 Å². The van der Waals surface area contributed by atoms with Crippen molar-refractivity contribution in [3.63, 3.8) is 0 Å². The van der Waals surface area contributed by atoms with Crippen LogP contribution in [0, 0.1) is 10.1 Å². The van der Waals surface area contributed by atoms with Crippen molar-refractivity contribution in [3.8, 4) is 0 Å². The molecule has 0 aliphatic carbocycles. The van der Waals surface area contributed by atoms with Crippen LogP contribution in [0.2, 0.25) is 0 Å². The van der Waals surface area contributed by atoms with Crippen molar-refractivity contribution < 1.29 is 21.8 Å². The lowest BCUT2D eigenvalue weighted by molar-refractivity contribution is -0.384. The fraction of sp³-hybridized carbons (Fsp3) is 0.571. The SMILES string of the molecule is CN(C)CCNS(=O)(=O)c1ccc(NCCCNS(C)(=O)=O)c([N+](=O)[O-])c1. The van der Waals surface area contributed by atoms with Crippen LogP contribution < -0.4 is 14.8 Å². The lowest BCUT2D eigenvalue weighted by Gasteiger charge is -2.12. The molecule has 0 radical (unpaired) electrons. The van der Waals surface area contributed by atoms with E-state index in [1.54, 1.807) is 19.0 Å². The largest absolute Gasteiger partial charge is 0.379 e. The topological polar surface area (TPSA) is 151 Å². The van der Waals surface area contributed by atoms with Gasteiger partial charge in [0.1, 0.15) is 5.69 Å². The molecule has 1 rings (SSSR count). The highest BCUT2D eigenvalue weighted by Crippen LogP contribution is 2.27. The van der Waals surface area contributed by atoms with Gasteiger partial charge in [-0.3, -0.25) is 10.1 Å². The molecule has 0 aliphatic heterocycles. The molecule has 13 heteroatoms. The number of hydrogen-bond donors (Lipinski definition) is 3. The molecule has 0 unspecified atom stereocenters. The monoisotopic (exact) mass is 423 g/mol. The number of hydrogen-bond acceptors (Lipinski definition) is 8. The Morgan fingerprint density at radius 1 is 1.07 bits per heavy atom. The predicted molar refractivity (Wildman–Crippen MR) is 103 cm³/mol. The van der Waals surface area contributed by atoms with E-state index in [-0.39, 0.29) is 35.9 Å². The summed E-state index contributed by atoms with van der Waals surface area (Å²) in [5.74, 6) is 0. The number of nitrogens with one attached hydrogen (secondary N) is 3. The third kappa shape index (κ3) is 8.62. The minimum absolute atomic E-state index is 0.159. The van der Waals surface area contributed by atoms with Gasteiger partial charge in [-0.05, 0) is 32.6 Å². The van der Waals surface area contributed by atoms with Crippen molar-refractivity contribution in [3.05, 3.63) is 28.3 Å². The summed E-state index contributed by atoms with van der Waals surface area (Å²) in [7, 11) is -3.56. The molecule has 0 heterocycles. The summed E-state index contributed by atoms with van der Waals surface area (Å²) < 4.78 is 51.1. The lowest BCUT2D eigenvalue weighted by Crippen LogP contribution is -2.31. The molecule has 1 aromatic rings. The highest BCUT2D eigenvalue weighted by atomic mass is 32.2. The minimum Gasteiger partial charge on any atom is -0.379 e. The zero-order valence-corrected chi connectivity index (χ0v) is 17.1. The molecule has 11 nitrogen and oxygen atoms in total. The summed E-state index contributed by atoms with van der Waals surface area (Å²) in [6.07, 6.45) is 1.44. The molecule has 0 atom stereocenters. The van der Waals surface area contributed by atoms with Gasteiger partial charge in [-0.15, -0.1) is 0 Å². The molecule has 0 aliphatic rings. The van der Waals surface area contributed by atoms with E-state index >= 15 is 0 Å². The van der Waals surface area contributed by atoms with Crippen LogP contribution in [0.4, 0.5) is 11.4 Å². The first-order valence-electron chi connectivity index (χ1n) is 8.04. The Kier molecular flexibility index (Phi) is 8.56. The zero-order valence-electron chi connectivity index (χ0n) is 15.4. The number of sulfonamides is 2. The molecule has 0 spiro atoms. The first-order valence-corrected chi connectivity index (χ1v) is 11.4. The Morgan fingerprint density at radius 3 is 2.30 bits per heavy atom. The maximum absolute atomic E-state index is 12.3. The number of nitro groups is 1. The summed E-state index contributed by atoms with van der Waals surface area (Å²) in [4.78, 5) is 12.2. The molecule has 0 saturated heterocycles. The van der Waals surface area contributed by atoms with Gasteiger partial charge in [0.25, 0.3) is 5.69 Å². The van der Waals surface area contributed by atoms with Crippen LogP contribution in [0.1, 0.15) is 6.42 Å². The van der Waals surface area contributed by atoms with Gasteiger partial charge in [0, 0.05) is 32.2 Å². The van der Waals surface area contributed by atoms with Gasteiger partial charge < -0.3 is 10.2 Å². The van der Waals surface area contributed by atoms with Gasteiger partial charge in [-0.1, -0.05) is 0 Å². The first-order chi connectivity index (χ1) is 12.4. The average Bonchev–Trinajstić information content (AvgIpc) is 2.52. The maximum atomic E-state index is 12.3. The van der Waals surface area contributed by atoms with Crippen molar-refractivity contribution in [2.75, 3.05) is 51.8 Å². The van der Waals surface area contributed by atoms with Gasteiger partial charge >= 0.3 is 0 Å². The highest BCUT2D eigenvalue weighted by molar-refractivity contribution is 7.89. The van der Waals surface area contributed by atoms with Gasteiger partial charge in [-0.25, -0.2) is 26.3 Å². The summed E-state index contributed by atoms with van der Waals surface area (Å²) in [5.41, 5.74) is -0.215. The molecular weight excluding hydrogens is 398 g/mol. The lowest BCUT2D eigenvalue weighted by atomic mass is 10.2. The molecule has 0 aromatic heterocycles. The summed E-state index contributed by atoms with van der Waals surface area (Å²) >= 11 is 0. The van der Waals surface area contributed by atoms with Crippen molar-refractivity contribution >= 4 is 31.4 Å². The summed E-state index contributed by atoms with van der Waals surface area (Å²) in [6, 6.07) is 3.60. The quantitative estimate of drug-likeness (QED) is 0.237. The van der Waals surface area contributed by atoms with E-state index in [1.165, 1.54) is 12.1 Å². The third-order valence-corrected chi connectivity index (χ3v) is 5.55. The van der Waals surface area contributed by atoms with Gasteiger partial charge in [0.05, 0.1) is 16.1 Å². The van der Waals surface area contributed by atoms with E-state index in [0.29, 0.717) is 13.0 Å². The fourth-order valence-electron chi connectivity index (χ4n) is 2.04. The number of benzene rings is 1. The second-order valence-corrected chi connectivity index (χ2v) is 9.68. The average molecular weight is 424 g/mol. The maximum Gasteiger partial charge on any atom is 0.293 e. The number of likely N-dealkylation sites (N-methyl/N-ethyl adjacent to an activating group) is 1. The molecule has 27 heavy (non-hydrogen) atoms. The van der Waals surface area contributed by atoms with Crippen molar-refractivity contribution in [2.45, 2.75) is 11.3 Å². The molecule has 0 bridgehead atoms. The first kappa shape index (κ1) is 23.2. The van der Waals surface area contributed by atoms with Gasteiger partial charge in [0.2, 0.25) is 20.0 Å². The molecule has 0 fully saturated rings. The number of rotatable bonds is 12. The van der Waals surface area contributed by atoms with E-state index in [4.69, 9.17) is 0 Å². The molecule has 3 N–H and O–H groups in total. The van der Waals surface area contributed by atoms with Gasteiger partial charge in [0.15, 0.2) is 0 Å². The molecule has 1 aromatic carbocycles. The predicted octanol–water partition coefficient (Wildman–Crippen LogP) is -0.214. The van der Waals surface area contributed by atoms with E-state index < -0.39 is 25.0 Å². The van der Waals surface area contributed by atoms with E-state index in [2.05, 4.69) is 14.8 Å². The highest BCUT2D eigenvalue weighted by Gasteiger charge is 2.21. The van der Waals surface area contributed by atoms with Crippen molar-refractivity contribution in [1.82, 2.24) is 14.3 Å². The Hall–Kier alpha value is -1.80.